The van der Waals surface area contributed by atoms with Gasteiger partial charge in [0.1, 0.15) is 5.69 Å². The monoisotopic (exact) mass is 601 g/mol. The van der Waals surface area contributed by atoms with Gasteiger partial charge in [0.2, 0.25) is 5.91 Å². The van der Waals surface area contributed by atoms with Crippen LogP contribution in [-0.4, -0.2) is 63.9 Å². The molecule has 0 saturated carbocycles. The van der Waals surface area contributed by atoms with Gasteiger partial charge >= 0.3 is 12.1 Å². The second kappa shape index (κ2) is 14.4. The van der Waals surface area contributed by atoms with Crippen molar-refractivity contribution >= 4 is 17.8 Å². The number of amides is 2. The van der Waals surface area contributed by atoms with Gasteiger partial charge < -0.3 is 14.9 Å². The molecule has 2 amide bonds. The van der Waals surface area contributed by atoms with Gasteiger partial charge in [-0.05, 0) is 74.0 Å². The third-order valence-electron chi connectivity index (χ3n) is 9.26. The lowest BCUT2D eigenvalue weighted by Crippen LogP contribution is -2.48. The molecule has 2 aliphatic heterocycles. The van der Waals surface area contributed by atoms with Gasteiger partial charge in [-0.1, -0.05) is 50.1 Å². The fourth-order valence-electron chi connectivity index (χ4n) is 6.97. The summed E-state index contributed by atoms with van der Waals surface area (Å²) in [5.74, 6) is -1.92. The second-order valence-corrected chi connectivity index (χ2v) is 12.0. The molecular formula is C33H42F3N3O4. The Bertz CT molecular complexity index is 1250. The fraction of sp³-hybridized carbons (Fsp3) is 0.576. The number of benzene rings is 1. The number of pyridine rings is 1. The van der Waals surface area contributed by atoms with Gasteiger partial charge in [0.05, 0.1) is 5.56 Å². The number of halogens is 3. The number of likely N-dealkylation sites (tertiary alicyclic amines) is 2. The highest BCUT2D eigenvalue weighted by Crippen LogP contribution is 2.41. The quantitative estimate of drug-likeness (QED) is 0.311. The molecule has 7 nitrogen and oxygen atoms in total. The number of piperidine rings is 1. The molecule has 4 rings (SSSR count). The maximum atomic E-state index is 14.0. The largest absolute Gasteiger partial charge is 0.481 e. The minimum Gasteiger partial charge on any atom is -0.481 e. The molecule has 2 fully saturated rings. The van der Waals surface area contributed by atoms with Crippen molar-refractivity contribution in [2.45, 2.75) is 82.7 Å². The van der Waals surface area contributed by atoms with Gasteiger partial charge in [0, 0.05) is 44.7 Å². The van der Waals surface area contributed by atoms with Crippen LogP contribution in [0.25, 0.3) is 0 Å². The van der Waals surface area contributed by atoms with Gasteiger partial charge in [-0.2, -0.15) is 13.2 Å². The molecular weight excluding hydrogens is 559 g/mol. The van der Waals surface area contributed by atoms with Crippen molar-refractivity contribution in [2.24, 2.45) is 11.8 Å². The number of alkyl halides is 3. The SMILES string of the molecule is CCCC1CN(C(=O)c2ncccc2C(F)(F)F)CCCC1C(=O)N1CCC(CCCCC(=O)O)(c2ccccc2)CC1. The van der Waals surface area contributed by atoms with E-state index < -0.39 is 29.3 Å². The first-order valence-corrected chi connectivity index (χ1v) is 15.4. The molecule has 10 heteroatoms. The zero-order chi connectivity index (χ0) is 31.0. The summed E-state index contributed by atoms with van der Waals surface area (Å²) < 4.78 is 40.9. The maximum Gasteiger partial charge on any atom is 0.418 e. The minimum atomic E-state index is -4.69. The highest BCUT2D eigenvalue weighted by Gasteiger charge is 2.42. The number of hydrogen-bond donors (Lipinski definition) is 1. The molecule has 0 bridgehead atoms. The normalized spacial score (nSPS) is 20.8. The Morgan fingerprint density at radius 1 is 1.00 bits per heavy atom. The zero-order valence-electron chi connectivity index (χ0n) is 24.8. The van der Waals surface area contributed by atoms with Crippen LogP contribution in [0.4, 0.5) is 13.2 Å². The molecule has 1 aromatic heterocycles. The summed E-state index contributed by atoms with van der Waals surface area (Å²) in [6.07, 6.45) is 3.10. The molecule has 0 aliphatic carbocycles. The number of aromatic nitrogens is 1. The molecule has 2 aliphatic rings. The molecule has 0 radical (unpaired) electrons. The number of carbonyl (C=O) groups is 3. The second-order valence-electron chi connectivity index (χ2n) is 12.0. The Balaban J connectivity index is 1.46. The third-order valence-corrected chi connectivity index (χ3v) is 9.26. The van der Waals surface area contributed by atoms with Crippen LogP contribution in [-0.2, 0) is 21.2 Å². The standard InChI is InChI=1S/C33H42F3N3O4/c1-2-10-24-23-39(31(43)29-27(33(34,35)36)14-8-19-37-29)20-9-13-26(24)30(42)38-21-17-32(18-22-38,16-7-6-15-28(40)41)25-11-4-3-5-12-25/h3-5,8,11-12,14,19,24,26H,2,6-7,9-10,13,15-18,20-23H2,1H3,(H,40,41). The first-order chi connectivity index (χ1) is 20.6. The summed E-state index contributed by atoms with van der Waals surface area (Å²) in [7, 11) is 0. The number of rotatable bonds is 10. The zero-order valence-corrected chi connectivity index (χ0v) is 24.8. The van der Waals surface area contributed by atoms with E-state index in [-0.39, 0.29) is 42.7 Å². The van der Waals surface area contributed by atoms with Crippen molar-refractivity contribution in [1.29, 1.82) is 0 Å². The van der Waals surface area contributed by atoms with Crippen LogP contribution in [0, 0.1) is 11.8 Å². The molecule has 2 saturated heterocycles. The van der Waals surface area contributed by atoms with E-state index in [1.807, 2.05) is 30.0 Å². The first kappa shape index (κ1) is 32.5. The van der Waals surface area contributed by atoms with Crippen LogP contribution in [0.3, 0.4) is 0 Å². The van der Waals surface area contributed by atoms with E-state index in [1.165, 1.54) is 22.7 Å². The first-order valence-electron chi connectivity index (χ1n) is 15.4. The number of carboxylic acids is 1. The highest BCUT2D eigenvalue weighted by atomic mass is 19.4. The van der Waals surface area contributed by atoms with Gasteiger partial charge in [0.25, 0.3) is 5.91 Å². The summed E-state index contributed by atoms with van der Waals surface area (Å²) in [4.78, 5) is 45.6. The summed E-state index contributed by atoms with van der Waals surface area (Å²) in [5.41, 5.74) is -0.531. The van der Waals surface area contributed by atoms with Crippen LogP contribution >= 0.6 is 0 Å². The summed E-state index contributed by atoms with van der Waals surface area (Å²) >= 11 is 0. The maximum absolute atomic E-state index is 14.0. The number of aliphatic carboxylic acids is 1. The summed E-state index contributed by atoms with van der Waals surface area (Å²) in [6.45, 7) is 3.70. The van der Waals surface area contributed by atoms with Crippen LogP contribution in [0.15, 0.2) is 48.7 Å². The molecule has 2 unspecified atom stereocenters. The topological polar surface area (TPSA) is 90.8 Å². The lowest BCUT2D eigenvalue weighted by molar-refractivity contribution is -0.140. The Hall–Kier alpha value is -3.43. The van der Waals surface area contributed by atoms with Crippen molar-refractivity contribution in [2.75, 3.05) is 26.2 Å². The smallest absolute Gasteiger partial charge is 0.418 e. The molecule has 43 heavy (non-hydrogen) atoms. The molecule has 3 heterocycles. The van der Waals surface area contributed by atoms with Crippen LogP contribution in [0.5, 0.6) is 0 Å². The Kier molecular flexibility index (Phi) is 10.8. The number of hydrogen-bond acceptors (Lipinski definition) is 4. The van der Waals surface area contributed by atoms with Crippen molar-refractivity contribution in [1.82, 2.24) is 14.8 Å². The molecule has 234 valence electrons. The predicted octanol–water partition coefficient (Wildman–Crippen LogP) is 6.57. The minimum absolute atomic E-state index is 0.0640. The number of carboxylic acid groups (broad SMARTS) is 1. The Labute approximate surface area is 251 Å². The number of carbonyl (C=O) groups excluding carboxylic acids is 2. The van der Waals surface area contributed by atoms with Crippen molar-refractivity contribution in [3.63, 3.8) is 0 Å². The molecule has 2 aromatic rings. The molecule has 1 N–H and O–H groups in total. The van der Waals surface area contributed by atoms with Crippen molar-refractivity contribution < 1.29 is 32.7 Å². The summed E-state index contributed by atoms with van der Waals surface area (Å²) in [5, 5.41) is 9.07. The van der Waals surface area contributed by atoms with Gasteiger partial charge in [-0.15, -0.1) is 0 Å². The molecule has 2 atom stereocenters. The molecule has 0 spiro atoms. The van der Waals surface area contributed by atoms with Crippen LogP contribution in [0.2, 0.25) is 0 Å². The predicted molar refractivity (Wildman–Crippen MR) is 156 cm³/mol. The van der Waals surface area contributed by atoms with Crippen LogP contribution in [0.1, 0.15) is 92.7 Å². The third kappa shape index (κ3) is 7.95. The van der Waals surface area contributed by atoms with E-state index in [4.69, 9.17) is 5.11 Å². The van der Waals surface area contributed by atoms with E-state index in [2.05, 4.69) is 17.1 Å². The van der Waals surface area contributed by atoms with E-state index in [0.29, 0.717) is 38.8 Å². The van der Waals surface area contributed by atoms with E-state index in [0.717, 1.165) is 38.2 Å². The van der Waals surface area contributed by atoms with Gasteiger partial charge in [-0.3, -0.25) is 19.4 Å². The average Bonchev–Trinajstić information content (AvgIpc) is 3.21. The average molecular weight is 602 g/mol. The highest BCUT2D eigenvalue weighted by molar-refractivity contribution is 5.94. The van der Waals surface area contributed by atoms with Crippen LogP contribution < -0.4 is 0 Å². The van der Waals surface area contributed by atoms with E-state index in [1.54, 1.807) is 0 Å². The lowest BCUT2D eigenvalue weighted by atomic mass is 9.69. The summed E-state index contributed by atoms with van der Waals surface area (Å²) in [6, 6.07) is 12.3. The number of nitrogens with zero attached hydrogens (tertiary/aromatic N) is 3. The fourth-order valence-corrected chi connectivity index (χ4v) is 6.97. The van der Waals surface area contributed by atoms with E-state index in [9.17, 15) is 27.6 Å². The Morgan fingerprint density at radius 2 is 1.72 bits per heavy atom. The Morgan fingerprint density at radius 3 is 2.37 bits per heavy atom. The van der Waals surface area contributed by atoms with Crippen molar-refractivity contribution in [3.8, 4) is 0 Å². The van der Waals surface area contributed by atoms with E-state index >= 15 is 0 Å². The van der Waals surface area contributed by atoms with Gasteiger partial charge in [0.15, 0.2) is 0 Å². The molecule has 1 aromatic carbocycles. The van der Waals surface area contributed by atoms with Crippen molar-refractivity contribution in [3.05, 3.63) is 65.5 Å². The number of unbranched alkanes of at least 4 members (excludes halogenated alkanes) is 1. The lowest BCUT2D eigenvalue weighted by Gasteiger charge is -2.44. The van der Waals surface area contributed by atoms with Gasteiger partial charge in [-0.25, -0.2) is 0 Å².